The van der Waals surface area contributed by atoms with Crippen LogP contribution in [0.25, 0.3) is 11.3 Å². The maximum atomic E-state index is 14.5. The van der Waals surface area contributed by atoms with E-state index in [1.54, 1.807) is 25.5 Å². The molecule has 0 radical (unpaired) electrons. The van der Waals surface area contributed by atoms with Gasteiger partial charge in [0.15, 0.2) is 0 Å². The Labute approximate surface area is 137 Å². The highest BCUT2D eigenvalue weighted by Gasteiger charge is 2.28. The van der Waals surface area contributed by atoms with Crippen molar-refractivity contribution in [3.05, 3.63) is 45.6 Å². The fraction of sp³-hybridized carbons (Fsp3) is 0.333. The number of carbonyl (C=O) groups is 1. The van der Waals surface area contributed by atoms with E-state index in [1.165, 1.54) is 19.2 Å². The quantitative estimate of drug-likeness (QED) is 0.683. The van der Waals surface area contributed by atoms with Crippen LogP contribution in [0.1, 0.15) is 24.5 Å². The number of carboxylic acid groups (broad SMARTS) is 1. The highest BCUT2D eigenvalue weighted by molar-refractivity contribution is 5.69. The predicted molar refractivity (Wildman–Crippen MR) is 84.2 cm³/mol. The highest BCUT2D eigenvalue weighted by atomic mass is 19.1. The lowest BCUT2D eigenvalue weighted by atomic mass is 10.0. The van der Waals surface area contributed by atoms with Crippen molar-refractivity contribution >= 4 is 11.8 Å². The summed E-state index contributed by atoms with van der Waals surface area (Å²) in [6.07, 6.45) is -1.15. The van der Waals surface area contributed by atoms with Gasteiger partial charge < -0.3 is 14.6 Å². The Morgan fingerprint density at radius 1 is 1.50 bits per heavy atom. The standard InChI is InChI=1S/C15H17FN4O4/c1-8(18(3)15(21)22)14-13(17-9(2)19(14)4)10-6-5-7-11(12(10)16)20(23)24/h5-8H,1-4H3,(H,21,22). The average Bonchev–Trinajstić information content (AvgIpc) is 2.81. The first-order valence-electron chi connectivity index (χ1n) is 7.09. The van der Waals surface area contributed by atoms with Crippen molar-refractivity contribution in [1.82, 2.24) is 14.5 Å². The number of amides is 1. The lowest BCUT2D eigenvalue weighted by Crippen LogP contribution is -2.29. The van der Waals surface area contributed by atoms with Gasteiger partial charge in [-0.2, -0.15) is 4.39 Å². The van der Waals surface area contributed by atoms with E-state index in [1.807, 2.05) is 0 Å². The van der Waals surface area contributed by atoms with Crippen LogP contribution in [-0.4, -0.2) is 37.6 Å². The number of benzene rings is 1. The minimum absolute atomic E-state index is 0.0338. The van der Waals surface area contributed by atoms with Crippen LogP contribution in [0, 0.1) is 22.9 Å². The zero-order chi connectivity index (χ0) is 18.2. The van der Waals surface area contributed by atoms with Crippen LogP contribution in [-0.2, 0) is 7.05 Å². The molecule has 0 aliphatic carbocycles. The molecule has 2 rings (SSSR count). The fourth-order valence-electron chi connectivity index (χ4n) is 2.50. The summed E-state index contributed by atoms with van der Waals surface area (Å²) in [5.41, 5.74) is -0.0388. The summed E-state index contributed by atoms with van der Waals surface area (Å²) in [6, 6.07) is 3.21. The van der Waals surface area contributed by atoms with E-state index in [0.29, 0.717) is 11.5 Å². The summed E-state index contributed by atoms with van der Waals surface area (Å²) in [5.74, 6) is -0.455. The van der Waals surface area contributed by atoms with Crippen LogP contribution in [0.15, 0.2) is 18.2 Å². The lowest BCUT2D eigenvalue weighted by molar-refractivity contribution is -0.387. The first-order chi connectivity index (χ1) is 11.2. The third-order valence-corrected chi connectivity index (χ3v) is 4.07. The molecular weight excluding hydrogens is 319 g/mol. The van der Waals surface area contributed by atoms with E-state index in [2.05, 4.69) is 4.98 Å². The maximum absolute atomic E-state index is 14.5. The molecule has 0 saturated heterocycles. The molecule has 0 fully saturated rings. The van der Waals surface area contributed by atoms with Crippen molar-refractivity contribution in [2.24, 2.45) is 7.05 Å². The number of hydrogen-bond acceptors (Lipinski definition) is 4. The summed E-state index contributed by atoms with van der Waals surface area (Å²) in [7, 11) is 3.07. The minimum atomic E-state index is -1.15. The Balaban J connectivity index is 2.69. The van der Waals surface area contributed by atoms with Crippen LogP contribution in [0.5, 0.6) is 0 Å². The van der Waals surface area contributed by atoms with Gasteiger partial charge in [-0.3, -0.25) is 10.1 Å². The van der Waals surface area contributed by atoms with Gasteiger partial charge in [-0.1, -0.05) is 6.07 Å². The summed E-state index contributed by atoms with van der Waals surface area (Å²) in [5, 5.41) is 20.1. The number of hydrogen-bond donors (Lipinski definition) is 1. The molecule has 0 saturated carbocycles. The molecule has 0 spiro atoms. The second-order valence-electron chi connectivity index (χ2n) is 5.42. The van der Waals surface area contributed by atoms with Gasteiger partial charge in [-0.05, 0) is 19.9 Å². The first kappa shape index (κ1) is 17.4. The molecular formula is C15H17FN4O4. The normalized spacial score (nSPS) is 12.0. The molecule has 9 heteroatoms. The van der Waals surface area contributed by atoms with Crippen molar-refractivity contribution in [3.8, 4) is 11.3 Å². The summed E-state index contributed by atoms with van der Waals surface area (Å²) < 4.78 is 16.2. The monoisotopic (exact) mass is 336 g/mol. The van der Waals surface area contributed by atoms with Gasteiger partial charge in [0.05, 0.1) is 22.4 Å². The van der Waals surface area contributed by atoms with Crippen molar-refractivity contribution in [2.75, 3.05) is 7.05 Å². The minimum Gasteiger partial charge on any atom is -0.465 e. The zero-order valence-electron chi connectivity index (χ0n) is 13.6. The topological polar surface area (TPSA) is 102 Å². The average molecular weight is 336 g/mol. The first-order valence-corrected chi connectivity index (χ1v) is 7.09. The van der Waals surface area contributed by atoms with Crippen LogP contribution < -0.4 is 0 Å². The van der Waals surface area contributed by atoms with Gasteiger partial charge in [0.25, 0.3) is 0 Å². The van der Waals surface area contributed by atoms with Crippen LogP contribution in [0.2, 0.25) is 0 Å². The van der Waals surface area contributed by atoms with E-state index in [4.69, 9.17) is 0 Å². The largest absolute Gasteiger partial charge is 0.465 e. The zero-order valence-corrected chi connectivity index (χ0v) is 13.6. The predicted octanol–water partition coefficient (Wildman–Crippen LogP) is 3.11. The third-order valence-electron chi connectivity index (χ3n) is 4.07. The number of aryl methyl sites for hydroxylation is 1. The molecule has 0 aliphatic heterocycles. The number of rotatable bonds is 4. The smallest absolute Gasteiger partial charge is 0.407 e. The molecule has 0 bridgehead atoms. The summed E-state index contributed by atoms with van der Waals surface area (Å²) >= 11 is 0. The molecule has 1 heterocycles. The molecule has 8 nitrogen and oxygen atoms in total. The number of nitro benzene ring substituents is 1. The van der Waals surface area contributed by atoms with Crippen molar-refractivity contribution in [2.45, 2.75) is 19.9 Å². The Hall–Kier alpha value is -2.97. The van der Waals surface area contributed by atoms with E-state index in [-0.39, 0.29) is 11.3 Å². The van der Waals surface area contributed by atoms with Gasteiger partial charge >= 0.3 is 11.8 Å². The molecule has 0 aliphatic rings. The Bertz CT molecular complexity index is 818. The van der Waals surface area contributed by atoms with E-state index in [0.717, 1.165) is 11.0 Å². The Morgan fingerprint density at radius 2 is 2.12 bits per heavy atom. The number of nitro groups is 1. The number of imidazole rings is 1. The van der Waals surface area contributed by atoms with Crippen LogP contribution in [0.4, 0.5) is 14.9 Å². The molecule has 24 heavy (non-hydrogen) atoms. The molecule has 1 aromatic carbocycles. The van der Waals surface area contributed by atoms with Crippen molar-refractivity contribution in [1.29, 1.82) is 0 Å². The van der Waals surface area contributed by atoms with Crippen LogP contribution >= 0.6 is 0 Å². The second-order valence-corrected chi connectivity index (χ2v) is 5.42. The summed E-state index contributed by atoms with van der Waals surface area (Å²) in [4.78, 5) is 26.7. The molecule has 1 atom stereocenters. The second kappa shape index (κ2) is 6.26. The molecule has 1 unspecified atom stereocenters. The lowest BCUT2D eigenvalue weighted by Gasteiger charge is -2.23. The van der Waals surface area contributed by atoms with Gasteiger partial charge in [-0.25, -0.2) is 9.78 Å². The van der Waals surface area contributed by atoms with Crippen molar-refractivity contribution in [3.63, 3.8) is 0 Å². The van der Waals surface area contributed by atoms with E-state index >= 15 is 0 Å². The van der Waals surface area contributed by atoms with Crippen LogP contribution in [0.3, 0.4) is 0 Å². The highest BCUT2D eigenvalue weighted by Crippen LogP contribution is 2.34. The number of aromatic nitrogens is 2. The van der Waals surface area contributed by atoms with Gasteiger partial charge in [0.1, 0.15) is 5.82 Å². The fourth-order valence-corrected chi connectivity index (χ4v) is 2.50. The van der Waals surface area contributed by atoms with Crippen molar-refractivity contribution < 1.29 is 19.2 Å². The Kier molecular flexibility index (Phi) is 4.54. The van der Waals surface area contributed by atoms with Gasteiger partial charge in [0, 0.05) is 25.7 Å². The SMILES string of the molecule is Cc1nc(-c2cccc([N+](=O)[O-])c2F)c(C(C)N(C)C(=O)O)n1C. The molecule has 2 aromatic rings. The van der Waals surface area contributed by atoms with E-state index < -0.39 is 28.6 Å². The summed E-state index contributed by atoms with van der Waals surface area (Å²) in [6.45, 7) is 3.33. The number of halogens is 1. The molecule has 1 N–H and O–H groups in total. The van der Waals surface area contributed by atoms with E-state index in [9.17, 15) is 24.4 Å². The number of nitrogens with zero attached hydrogens (tertiary/aromatic N) is 4. The van der Waals surface area contributed by atoms with Gasteiger partial charge in [-0.15, -0.1) is 0 Å². The molecule has 128 valence electrons. The molecule has 1 amide bonds. The maximum Gasteiger partial charge on any atom is 0.407 e. The third kappa shape index (κ3) is 2.80. The molecule has 1 aromatic heterocycles. The van der Waals surface area contributed by atoms with Gasteiger partial charge in [0.2, 0.25) is 5.82 Å². The Morgan fingerprint density at radius 3 is 2.67 bits per heavy atom.